The first-order chi connectivity index (χ1) is 5.66. The van der Waals surface area contributed by atoms with Gasteiger partial charge in [-0.15, -0.1) is 0 Å². The minimum Gasteiger partial charge on any atom is -0.312 e. The van der Waals surface area contributed by atoms with Crippen LogP contribution in [0.15, 0.2) is 16.6 Å². The molecule has 0 bridgehead atoms. The molecule has 0 aliphatic heterocycles. The van der Waals surface area contributed by atoms with Crippen molar-refractivity contribution < 1.29 is 8.78 Å². The average molecular weight is 232 g/mol. The maximum absolute atomic E-state index is 13.0. The van der Waals surface area contributed by atoms with Crippen molar-refractivity contribution in [2.24, 2.45) is 0 Å². The fourth-order valence-electron chi connectivity index (χ4n) is 0.773. The van der Waals surface area contributed by atoms with E-state index in [4.69, 9.17) is 6.57 Å². The van der Waals surface area contributed by atoms with E-state index in [1.807, 2.05) is 0 Å². The molecule has 62 valence electrons. The Morgan fingerprint density at radius 3 is 2.67 bits per heavy atom. The highest BCUT2D eigenvalue weighted by atomic mass is 79.9. The summed E-state index contributed by atoms with van der Waals surface area (Å²) in [4.78, 5) is 3.00. The van der Waals surface area contributed by atoms with Crippen molar-refractivity contribution in [1.29, 1.82) is 0 Å². The van der Waals surface area contributed by atoms with Crippen molar-refractivity contribution in [1.82, 2.24) is 0 Å². The third-order valence-corrected chi connectivity index (χ3v) is 2.09. The van der Waals surface area contributed by atoms with Crippen LogP contribution >= 0.6 is 15.9 Å². The largest absolute Gasteiger partial charge is 0.312 e. The van der Waals surface area contributed by atoms with E-state index in [1.54, 1.807) is 0 Å². The van der Waals surface area contributed by atoms with Gasteiger partial charge in [0.1, 0.15) is 5.82 Å². The van der Waals surface area contributed by atoms with Gasteiger partial charge in [-0.3, -0.25) is 0 Å². The Bertz CT molecular complexity index is 344. The summed E-state index contributed by atoms with van der Waals surface area (Å²) < 4.78 is 25.4. The number of nitrogens with zero attached hydrogens (tertiary/aromatic N) is 1. The molecule has 1 rings (SSSR count). The average Bonchev–Trinajstić information content (AvgIpc) is 2.07. The summed E-state index contributed by atoms with van der Waals surface area (Å²) >= 11 is 2.75. The van der Waals surface area contributed by atoms with Crippen molar-refractivity contribution in [3.05, 3.63) is 45.2 Å². The van der Waals surface area contributed by atoms with E-state index in [-0.39, 0.29) is 16.6 Å². The lowest BCUT2D eigenvalue weighted by molar-refractivity contribution is 0.563. The van der Waals surface area contributed by atoms with Crippen LogP contribution in [0.3, 0.4) is 0 Å². The molecule has 0 spiro atoms. The van der Waals surface area contributed by atoms with E-state index < -0.39 is 11.6 Å². The van der Waals surface area contributed by atoms with Gasteiger partial charge in [-0.2, -0.15) is 0 Å². The normalized spacial score (nSPS) is 9.50. The molecule has 0 atom stereocenters. The van der Waals surface area contributed by atoms with Crippen molar-refractivity contribution in [3.63, 3.8) is 0 Å². The lowest BCUT2D eigenvalue weighted by Gasteiger charge is -1.98. The van der Waals surface area contributed by atoms with Crippen LogP contribution in [0.4, 0.5) is 8.78 Å². The Balaban J connectivity index is 3.19. The van der Waals surface area contributed by atoms with Gasteiger partial charge >= 0.3 is 0 Å². The van der Waals surface area contributed by atoms with Crippen LogP contribution in [0, 0.1) is 18.2 Å². The van der Waals surface area contributed by atoms with Gasteiger partial charge in [0.15, 0.2) is 5.82 Å². The molecule has 0 aromatic heterocycles. The molecule has 0 aliphatic rings. The van der Waals surface area contributed by atoms with Gasteiger partial charge in [-0.05, 0) is 28.1 Å². The summed E-state index contributed by atoms with van der Waals surface area (Å²) in [5, 5.41) is 0. The first kappa shape index (κ1) is 9.14. The molecule has 0 amide bonds. The van der Waals surface area contributed by atoms with Gasteiger partial charge in [0.05, 0.1) is 10.0 Å². The molecule has 0 aliphatic carbocycles. The highest BCUT2D eigenvalue weighted by Gasteiger charge is 2.11. The van der Waals surface area contributed by atoms with Crippen LogP contribution in [0.2, 0.25) is 0 Å². The molecule has 0 fully saturated rings. The van der Waals surface area contributed by atoms with Crippen LogP contribution in [0.5, 0.6) is 0 Å². The summed E-state index contributed by atoms with van der Waals surface area (Å²) in [6, 6.07) is 2.40. The van der Waals surface area contributed by atoms with Gasteiger partial charge in [0, 0.05) is 0 Å². The second kappa shape index (κ2) is 3.63. The zero-order chi connectivity index (χ0) is 9.14. The van der Waals surface area contributed by atoms with Crippen molar-refractivity contribution >= 4 is 15.9 Å². The predicted molar refractivity (Wildman–Crippen MR) is 44.4 cm³/mol. The second-order valence-electron chi connectivity index (χ2n) is 2.15. The monoisotopic (exact) mass is 231 g/mol. The van der Waals surface area contributed by atoms with Crippen molar-refractivity contribution in [3.8, 4) is 0 Å². The zero-order valence-electron chi connectivity index (χ0n) is 5.94. The SMILES string of the molecule is [C-]#[N+]Cc1ccc(F)c(Br)c1F. The number of halogens is 3. The van der Waals surface area contributed by atoms with E-state index in [1.165, 1.54) is 6.07 Å². The van der Waals surface area contributed by atoms with Gasteiger partial charge in [-0.1, -0.05) is 0 Å². The molecule has 1 aromatic rings. The second-order valence-corrected chi connectivity index (χ2v) is 2.94. The predicted octanol–water partition coefficient (Wildman–Crippen LogP) is 3.15. The van der Waals surface area contributed by atoms with Crippen LogP contribution in [0.25, 0.3) is 4.85 Å². The fourth-order valence-corrected chi connectivity index (χ4v) is 1.16. The lowest BCUT2D eigenvalue weighted by Crippen LogP contribution is -1.91. The lowest BCUT2D eigenvalue weighted by atomic mass is 10.2. The third kappa shape index (κ3) is 1.62. The van der Waals surface area contributed by atoms with Crippen LogP contribution in [-0.4, -0.2) is 0 Å². The molecule has 0 N–H and O–H groups in total. The molecule has 0 heterocycles. The highest BCUT2D eigenvalue weighted by Crippen LogP contribution is 2.22. The molecule has 0 saturated carbocycles. The maximum Gasteiger partial charge on any atom is 0.242 e. The summed E-state index contributed by atoms with van der Waals surface area (Å²) in [6.45, 7) is 6.45. The molecule has 0 saturated heterocycles. The maximum atomic E-state index is 13.0. The third-order valence-electron chi connectivity index (χ3n) is 1.36. The molecule has 4 heteroatoms. The summed E-state index contributed by atoms with van der Waals surface area (Å²) in [7, 11) is 0. The Hall–Kier alpha value is -0.950. The van der Waals surface area contributed by atoms with E-state index in [0.717, 1.165) is 6.07 Å². The highest BCUT2D eigenvalue weighted by molar-refractivity contribution is 9.10. The van der Waals surface area contributed by atoms with Crippen LogP contribution < -0.4 is 0 Å². The van der Waals surface area contributed by atoms with E-state index in [9.17, 15) is 8.78 Å². The first-order valence-electron chi connectivity index (χ1n) is 3.12. The summed E-state index contributed by atoms with van der Waals surface area (Å²) in [6.07, 6.45) is 0. The van der Waals surface area contributed by atoms with Crippen molar-refractivity contribution in [2.45, 2.75) is 6.54 Å². The first-order valence-corrected chi connectivity index (χ1v) is 3.91. The van der Waals surface area contributed by atoms with E-state index >= 15 is 0 Å². The van der Waals surface area contributed by atoms with Gasteiger partial charge in [0.2, 0.25) is 6.54 Å². The molecule has 1 aromatic carbocycles. The Morgan fingerprint density at radius 2 is 2.08 bits per heavy atom. The smallest absolute Gasteiger partial charge is 0.242 e. The number of hydrogen-bond donors (Lipinski definition) is 0. The quantitative estimate of drug-likeness (QED) is 0.517. The van der Waals surface area contributed by atoms with Crippen LogP contribution in [-0.2, 0) is 6.54 Å². The standard InChI is InChI=1S/C8H4BrF2N/c1-12-4-5-2-3-6(10)7(9)8(5)11/h2-3H,4H2. The van der Waals surface area contributed by atoms with Gasteiger partial charge in [0.25, 0.3) is 0 Å². The zero-order valence-corrected chi connectivity index (χ0v) is 7.53. The fraction of sp³-hybridized carbons (Fsp3) is 0.125. The van der Waals surface area contributed by atoms with Gasteiger partial charge in [-0.25, -0.2) is 15.4 Å². The number of hydrogen-bond acceptors (Lipinski definition) is 0. The number of benzene rings is 1. The molecular formula is C8H4BrF2N. The summed E-state index contributed by atoms with van der Waals surface area (Å²) in [5.41, 5.74) is 0.207. The van der Waals surface area contributed by atoms with E-state index in [2.05, 4.69) is 20.8 Å². The minimum atomic E-state index is -0.689. The molecular weight excluding hydrogens is 228 g/mol. The minimum absolute atomic E-state index is 0.0648. The molecule has 0 radical (unpaired) electrons. The Labute approximate surface area is 77.0 Å². The molecule has 0 unspecified atom stereocenters. The number of rotatable bonds is 1. The Morgan fingerprint density at radius 1 is 1.42 bits per heavy atom. The van der Waals surface area contributed by atoms with E-state index in [0.29, 0.717) is 0 Å². The molecule has 1 nitrogen and oxygen atoms in total. The van der Waals surface area contributed by atoms with Crippen molar-refractivity contribution in [2.75, 3.05) is 0 Å². The van der Waals surface area contributed by atoms with Gasteiger partial charge < -0.3 is 4.85 Å². The summed E-state index contributed by atoms with van der Waals surface area (Å²) in [5.74, 6) is -1.34. The Kier molecular flexibility index (Phi) is 2.77. The molecule has 12 heavy (non-hydrogen) atoms. The topological polar surface area (TPSA) is 4.36 Å². The van der Waals surface area contributed by atoms with Crippen LogP contribution in [0.1, 0.15) is 5.56 Å².